The molecule has 2 rings (SSSR count). The van der Waals surface area contributed by atoms with Crippen molar-refractivity contribution in [2.45, 2.75) is 12.8 Å². The minimum Gasteiger partial charge on any atom is -0.301 e. The zero-order valence-electron chi connectivity index (χ0n) is 9.19. The van der Waals surface area contributed by atoms with Crippen LogP contribution in [-0.2, 0) is 11.2 Å². The highest BCUT2D eigenvalue weighted by Gasteiger charge is 2.07. The van der Waals surface area contributed by atoms with Crippen LogP contribution >= 0.6 is 11.3 Å². The number of hydrogen-bond donors (Lipinski definition) is 1. The van der Waals surface area contributed by atoms with Gasteiger partial charge in [-0.05, 0) is 24.1 Å². The molecule has 18 heavy (non-hydrogen) atoms. The van der Waals surface area contributed by atoms with Gasteiger partial charge in [0.2, 0.25) is 11.0 Å². The molecular weight excluding hydrogens is 260 g/mol. The van der Waals surface area contributed by atoms with Crippen LogP contribution in [0.4, 0.5) is 13.9 Å². The molecule has 4 nitrogen and oxygen atoms in total. The van der Waals surface area contributed by atoms with Gasteiger partial charge in [-0.1, -0.05) is 17.4 Å². The predicted octanol–water partition coefficient (Wildman–Crippen LogP) is 2.39. The summed E-state index contributed by atoms with van der Waals surface area (Å²) in [5.41, 5.74) is 2.08. The van der Waals surface area contributed by atoms with Gasteiger partial charge in [-0.15, -0.1) is 10.2 Å². The van der Waals surface area contributed by atoms with E-state index in [-0.39, 0.29) is 12.3 Å². The Labute approximate surface area is 106 Å². The fourth-order valence-electron chi connectivity index (χ4n) is 1.36. The van der Waals surface area contributed by atoms with E-state index in [0.717, 1.165) is 12.1 Å². The fraction of sp³-hybridized carbons (Fsp3) is 0.182. The topological polar surface area (TPSA) is 54.9 Å². The van der Waals surface area contributed by atoms with E-state index >= 15 is 0 Å². The van der Waals surface area contributed by atoms with Gasteiger partial charge in [-0.2, -0.15) is 0 Å². The molecule has 1 N–H and O–H groups in total. The summed E-state index contributed by atoms with van der Waals surface area (Å²) in [7, 11) is 0. The van der Waals surface area contributed by atoms with Gasteiger partial charge in [-0.3, -0.25) is 4.79 Å². The van der Waals surface area contributed by atoms with Gasteiger partial charge in [-0.25, -0.2) is 8.78 Å². The number of hydrogen-bond acceptors (Lipinski definition) is 4. The van der Waals surface area contributed by atoms with Crippen molar-refractivity contribution in [3.8, 4) is 0 Å². The summed E-state index contributed by atoms with van der Waals surface area (Å²) < 4.78 is 25.6. The van der Waals surface area contributed by atoms with E-state index in [1.165, 1.54) is 22.9 Å². The molecule has 0 atom stereocenters. The third-order valence-electron chi connectivity index (χ3n) is 2.23. The molecule has 1 aromatic heterocycles. The van der Waals surface area contributed by atoms with Crippen LogP contribution in [0.2, 0.25) is 0 Å². The van der Waals surface area contributed by atoms with Crippen LogP contribution in [0.3, 0.4) is 0 Å². The average Bonchev–Trinajstić information content (AvgIpc) is 2.83. The number of carbonyl (C=O) groups is 1. The molecule has 0 saturated carbocycles. The number of rotatable bonds is 4. The average molecular weight is 269 g/mol. The second-order valence-electron chi connectivity index (χ2n) is 3.54. The second kappa shape index (κ2) is 5.63. The maximum atomic E-state index is 12.9. The lowest BCUT2D eigenvalue weighted by molar-refractivity contribution is -0.116. The van der Waals surface area contributed by atoms with Crippen LogP contribution < -0.4 is 5.32 Å². The molecule has 2 aromatic rings. The minimum atomic E-state index is -0.906. The van der Waals surface area contributed by atoms with Crippen molar-refractivity contribution >= 4 is 22.4 Å². The van der Waals surface area contributed by atoms with Crippen molar-refractivity contribution < 1.29 is 13.6 Å². The monoisotopic (exact) mass is 269 g/mol. The minimum absolute atomic E-state index is 0.171. The number of nitrogens with zero attached hydrogens (tertiary/aromatic N) is 2. The van der Waals surface area contributed by atoms with Gasteiger partial charge in [0.15, 0.2) is 11.6 Å². The maximum absolute atomic E-state index is 12.9. The first-order valence-electron chi connectivity index (χ1n) is 5.15. The quantitative estimate of drug-likeness (QED) is 0.927. The fourth-order valence-corrected chi connectivity index (χ4v) is 1.82. The van der Waals surface area contributed by atoms with Crippen LogP contribution in [0.15, 0.2) is 23.7 Å². The van der Waals surface area contributed by atoms with Crippen LogP contribution in [-0.4, -0.2) is 16.1 Å². The molecule has 1 heterocycles. The van der Waals surface area contributed by atoms with Gasteiger partial charge in [0.1, 0.15) is 5.51 Å². The molecule has 1 aromatic carbocycles. The summed E-state index contributed by atoms with van der Waals surface area (Å²) in [5.74, 6) is -2.04. The molecule has 1 amide bonds. The summed E-state index contributed by atoms with van der Waals surface area (Å²) >= 11 is 1.21. The zero-order chi connectivity index (χ0) is 13.0. The molecule has 0 unspecified atom stereocenters. The summed E-state index contributed by atoms with van der Waals surface area (Å²) in [6.07, 6.45) is 0.506. The highest BCUT2D eigenvalue weighted by molar-refractivity contribution is 7.13. The number of amides is 1. The largest absolute Gasteiger partial charge is 0.301 e. The Morgan fingerprint density at radius 3 is 2.83 bits per heavy atom. The zero-order valence-corrected chi connectivity index (χ0v) is 10.0. The molecule has 94 valence electrons. The molecule has 0 aliphatic heterocycles. The van der Waals surface area contributed by atoms with E-state index < -0.39 is 11.6 Å². The van der Waals surface area contributed by atoms with Crippen LogP contribution in [0, 0.1) is 11.6 Å². The van der Waals surface area contributed by atoms with E-state index in [1.807, 2.05) is 0 Å². The lowest BCUT2D eigenvalue weighted by Crippen LogP contribution is -2.12. The Kier molecular flexibility index (Phi) is 3.93. The third-order valence-corrected chi connectivity index (χ3v) is 2.84. The Morgan fingerprint density at radius 1 is 1.33 bits per heavy atom. The molecule has 0 saturated heterocycles. The number of carbonyl (C=O) groups excluding carboxylic acids is 1. The van der Waals surface area contributed by atoms with Gasteiger partial charge >= 0.3 is 0 Å². The van der Waals surface area contributed by atoms with Crippen molar-refractivity contribution in [2.24, 2.45) is 0 Å². The number of halogens is 2. The molecule has 0 spiro atoms. The summed E-state index contributed by atoms with van der Waals surface area (Å²) in [4.78, 5) is 11.5. The molecule has 0 aliphatic carbocycles. The van der Waals surface area contributed by atoms with Gasteiger partial charge in [0, 0.05) is 6.42 Å². The molecule has 0 aliphatic rings. The van der Waals surface area contributed by atoms with Crippen molar-refractivity contribution in [3.63, 3.8) is 0 Å². The van der Waals surface area contributed by atoms with Crippen LogP contribution in [0.1, 0.15) is 12.0 Å². The first-order chi connectivity index (χ1) is 8.65. The van der Waals surface area contributed by atoms with E-state index in [1.54, 1.807) is 0 Å². The van der Waals surface area contributed by atoms with Gasteiger partial charge in [0.25, 0.3) is 0 Å². The normalized spacial score (nSPS) is 10.3. The Morgan fingerprint density at radius 2 is 2.17 bits per heavy atom. The van der Waals surface area contributed by atoms with Gasteiger partial charge in [0.05, 0.1) is 0 Å². The van der Waals surface area contributed by atoms with Crippen molar-refractivity contribution in [1.82, 2.24) is 10.2 Å². The third kappa shape index (κ3) is 3.30. The second-order valence-corrected chi connectivity index (χ2v) is 4.37. The first kappa shape index (κ1) is 12.6. The van der Waals surface area contributed by atoms with Gasteiger partial charge < -0.3 is 5.32 Å². The molecule has 0 radical (unpaired) electrons. The van der Waals surface area contributed by atoms with Crippen molar-refractivity contribution in [1.29, 1.82) is 0 Å². The van der Waals surface area contributed by atoms with Crippen molar-refractivity contribution in [3.05, 3.63) is 40.9 Å². The highest BCUT2D eigenvalue weighted by Crippen LogP contribution is 2.12. The Balaban J connectivity index is 1.87. The number of nitrogens with one attached hydrogen (secondary N) is 1. The smallest absolute Gasteiger partial charge is 0.226 e. The van der Waals surface area contributed by atoms with Crippen molar-refractivity contribution in [2.75, 3.05) is 5.32 Å². The first-order valence-corrected chi connectivity index (χ1v) is 6.03. The maximum Gasteiger partial charge on any atom is 0.226 e. The number of anilines is 1. The molecular formula is C11H9F2N3OS. The van der Waals surface area contributed by atoms with E-state index in [2.05, 4.69) is 15.5 Å². The van der Waals surface area contributed by atoms with E-state index in [0.29, 0.717) is 17.1 Å². The Hall–Kier alpha value is -1.89. The van der Waals surface area contributed by atoms with E-state index in [4.69, 9.17) is 0 Å². The Bertz CT molecular complexity index is 545. The molecule has 0 fully saturated rings. The predicted molar refractivity (Wildman–Crippen MR) is 63.2 cm³/mol. The molecule has 7 heteroatoms. The lowest BCUT2D eigenvalue weighted by Gasteiger charge is -2.02. The van der Waals surface area contributed by atoms with E-state index in [9.17, 15) is 13.6 Å². The SMILES string of the molecule is O=C(CCc1ccc(F)c(F)c1)Nc1nncs1. The lowest BCUT2D eigenvalue weighted by atomic mass is 10.1. The highest BCUT2D eigenvalue weighted by atomic mass is 32.1. The summed E-state index contributed by atoms with van der Waals surface area (Å²) in [6.45, 7) is 0. The summed E-state index contributed by atoms with van der Waals surface area (Å²) in [6, 6.07) is 3.59. The standard InChI is InChI=1S/C11H9F2N3OS/c12-8-3-1-7(5-9(8)13)2-4-10(17)15-11-16-14-6-18-11/h1,3,5-6H,2,4H2,(H,15,16,17). The number of aromatic nitrogens is 2. The summed E-state index contributed by atoms with van der Waals surface area (Å²) in [5, 5.41) is 10.2. The van der Waals surface area contributed by atoms with Crippen LogP contribution in [0.5, 0.6) is 0 Å². The molecule has 0 bridgehead atoms. The number of aryl methyl sites for hydroxylation is 1. The number of benzene rings is 1. The van der Waals surface area contributed by atoms with Crippen LogP contribution in [0.25, 0.3) is 0 Å².